The molecule has 1 fully saturated rings. The van der Waals surface area contributed by atoms with Gasteiger partial charge < -0.3 is 19.4 Å². The minimum atomic E-state index is -0.655. The summed E-state index contributed by atoms with van der Waals surface area (Å²) in [6.07, 6.45) is 3.72. The molecule has 8 nitrogen and oxygen atoms in total. The van der Waals surface area contributed by atoms with Gasteiger partial charge in [-0.2, -0.15) is 0 Å². The lowest BCUT2D eigenvalue weighted by molar-refractivity contribution is -0.149. The third kappa shape index (κ3) is 5.40. The van der Waals surface area contributed by atoms with Crippen molar-refractivity contribution in [3.05, 3.63) is 66.6 Å². The molecule has 0 aliphatic carbocycles. The van der Waals surface area contributed by atoms with Crippen LogP contribution in [0.5, 0.6) is 0 Å². The molecule has 0 atom stereocenters. The zero-order chi connectivity index (χ0) is 22.3. The number of carbonyl (C=O) groups is 3. The number of oxazole rings is 1. The molecular weight excluding hydrogens is 410 g/mol. The number of aromatic nitrogens is 1. The third-order valence-corrected chi connectivity index (χ3v) is 5.27. The molecule has 3 aromatic rings. The number of nitrogens with one attached hydrogen (secondary N) is 1. The van der Waals surface area contributed by atoms with Gasteiger partial charge >= 0.3 is 5.97 Å². The van der Waals surface area contributed by atoms with E-state index in [1.54, 1.807) is 11.0 Å². The first kappa shape index (κ1) is 21.3. The van der Waals surface area contributed by atoms with E-state index in [1.165, 1.54) is 12.2 Å². The van der Waals surface area contributed by atoms with Crippen LogP contribution in [0.1, 0.15) is 18.7 Å². The Hall–Kier alpha value is -3.94. The summed E-state index contributed by atoms with van der Waals surface area (Å²) in [4.78, 5) is 42.5. The molecular formula is C24H23N3O5. The number of rotatable bonds is 6. The van der Waals surface area contributed by atoms with Gasteiger partial charge in [0.25, 0.3) is 5.91 Å². The van der Waals surface area contributed by atoms with Gasteiger partial charge in [0.2, 0.25) is 11.8 Å². The van der Waals surface area contributed by atoms with E-state index >= 15 is 0 Å². The summed E-state index contributed by atoms with van der Waals surface area (Å²) in [5.74, 6) is -0.848. The molecule has 0 radical (unpaired) electrons. The molecule has 0 unspecified atom stereocenters. The van der Waals surface area contributed by atoms with Crippen molar-refractivity contribution in [1.29, 1.82) is 0 Å². The molecule has 8 heteroatoms. The molecule has 1 aromatic heterocycles. The number of para-hydroxylation sites is 3. The number of ether oxygens (including phenoxy) is 1. The van der Waals surface area contributed by atoms with Crippen LogP contribution < -0.4 is 5.32 Å². The molecule has 164 valence electrons. The molecule has 2 aromatic carbocycles. The topological polar surface area (TPSA) is 102 Å². The lowest BCUT2D eigenvalue weighted by Gasteiger charge is -2.31. The van der Waals surface area contributed by atoms with E-state index in [2.05, 4.69) is 10.3 Å². The maximum Gasteiger partial charge on any atom is 0.331 e. The monoisotopic (exact) mass is 433 g/mol. The molecule has 1 aliphatic rings. The molecule has 4 rings (SSSR count). The van der Waals surface area contributed by atoms with Crippen molar-refractivity contribution in [1.82, 2.24) is 9.88 Å². The molecule has 0 spiro atoms. The fraction of sp³-hybridized carbons (Fsp3) is 0.250. The Balaban J connectivity index is 1.20. The van der Waals surface area contributed by atoms with Gasteiger partial charge in [0, 0.05) is 36.8 Å². The standard InChI is InChI=1S/C24H23N3O5/c28-22(16-31-23(29)11-10-21-26-19-8-4-5-9-20(19)32-21)27-14-12-17(13-15-27)24(30)25-18-6-2-1-3-7-18/h1-11,17H,12-16H2,(H,25,30). The van der Waals surface area contributed by atoms with Gasteiger partial charge in [-0.25, -0.2) is 9.78 Å². The molecule has 2 amide bonds. The second-order valence-corrected chi connectivity index (χ2v) is 7.47. The number of fused-ring (bicyclic) bond motifs is 1. The fourth-order valence-electron chi connectivity index (χ4n) is 3.53. The number of nitrogens with zero attached hydrogens (tertiary/aromatic N) is 2. The largest absolute Gasteiger partial charge is 0.452 e. The summed E-state index contributed by atoms with van der Waals surface area (Å²) in [6.45, 7) is 0.543. The summed E-state index contributed by atoms with van der Waals surface area (Å²) in [6, 6.07) is 16.6. The quantitative estimate of drug-likeness (QED) is 0.473. The van der Waals surface area contributed by atoms with E-state index in [1.807, 2.05) is 48.5 Å². The Morgan fingerprint density at radius 2 is 1.78 bits per heavy atom. The average Bonchev–Trinajstić information content (AvgIpc) is 3.25. The number of likely N-dealkylation sites (tertiary alicyclic amines) is 1. The van der Waals surface area contributed by atoms with Crippen LogP contribution >= 0.6 is 0 Å². The number of amides is 2. The van der Waals surface area contributed by atoms with Crippen LogP contribution in [-0.4, -0.2) is 47.4 Å². The Morgan fingerprint density at radius 1 is 1.06 bits per heavy atom. The number of hydrogen-bond donors (Lipinski definition) is 1. The highest BCUT2D eigenvalue weighted by Gasteiger charge is 2.27. The second kappa shape index (κ2) is 9.91. The van der Waals surface area contributed by atoms with Crippen LogP contribution in [-0.2, 0) is 19.1 Å². The molecule has 1 aliphatic heterocycles. The Bertz CT molecular complexity index is 1100. The van der Waals surface area contributed by atoms with Crippen LogP contribution in [0.15, 0.2) is 65.1 Å². The first-order valence-electron chi connectivity index (χ1n) is 10.4. The van der Waals surface area contributed by atoms with Gasteiger partial charge in [-0.3, -0.25) is 9.59 Å². The van der Waals surface area contributed by atoms with Crippen LogP contribution in [0.4, 0.5) is 5.69 Å². The first-order valence-corrected chi connectivity index (χ1v) is 10.4. The summed E-state index contributed by atoms with van der Waals surface area (Å²) in [7, 11) is 0. The molecule has 2 heterocycles. The van der Waals surface area contributed by atoms with Gasteiger partial charge in [-0.05, 0) is 37.1 Å². The predicted molar refractivity (Wildman–Crippen MR) is 118 cm³/mol. The zero-order valence-electron chi connectivity index (χ0n) is 17.4. The van der Waals surface area contributed by atoms with Gasteiger partial charge in [0.15, 0.2) is 12.2 Å². The maximum atomic E-state index is 12.4. The lowest BCUT2D eigenvalue weighted by atomic mass is 9.95. The van der Waals surface area contributed by atoms with Crippen molar-refractivity contribution < 1.29 is 23.5 Å². The number of carbonyl (C=O) groups excluding carboxylic acids is 3. The highest BCUT2D eigenvalue weighted by atomic mass is 16.5. The smallest absolute Gasteiger partial charge is 0.331 e. The van der Waals surface area contributed by atoms with Crippen molar-refractivity contribution >= 4 is 40.6 Å². The average molecular weight is 433 g/mol. The molecule has 0 bridgehead atoms. The maximum absolute atomic E-state index is 12.4. The number of piperidine rings is 1. The van der Waals surface area contributed by atoms with Crippen LogP contribution in [0, 0.1) is 5.92 Å². The van der Waals surface area contributed by atoms with Gasteiger partial charge in [0.1, 0.15) is 5.52 Å². The molecule has 1 saturated heterocycles. The summed E-state index contributed by atoms with van der Waals surface area (Å²) >= 11 is 0. The van der Waals surface area contributed by atoms with E-state index in [9.17, 15) is 14.4 Å². The third-order valence-electron chi connectivity index (χ3n) is 5.27. The van der Waals surface area contributed by atoms with Crippen molar-refractivity contribution in [2.24, 2.45) is 5.92 Å². The molecule has 1 N–H and O–H groups in total. The summed E-state index contributed by atoms with van der Waals surface area (Å²) in [5, 5.41) is 2.90. The van der Waals surface area contributed by atoms with Gasteiger partial charge in [0.05, 0.1) is 0 Å². The van der Waals surface area contributed by atoms with Crippen molar-refractivity contribution in [3.63, 3.8) is 0 Å². The van der Waals surface area contributed by atoms with E-state index in [4.69, 9.17) is 9.15 Å². The van der Waals surface area contributed by atoms with Gasteiger partial charge in [-0.15, -0.1) is 0 Å². The van der Waals surface area contributed by atoms with Gasteiger partial charge in [-0.1, -0.05) is 30.3 Å². The fourth-order valence-corrected chi connectivity index (χ4v) is 3.53. The Morgan fingerprint density at radius 3 is 2.53 bits per heavy atom. The predicted octanol–water partition coefficient (Wildman–Crippen LogP) is 3.26. The number of esters is 1. The van der Waals surface area contributed by atoms with E-state index < -0.39 is 5.97 Å². The summed E-state index contributed by atoms with van der Waals surface area (Å²) < 4.78 is 10.5. The van der Waals surface area contributed by atoms with E-state index in [-0.39, 0.29) is 30.2 Å². The molecule has 32 heavy (non-hydrogen) atoms. The van der Waals surface area contributed by atoms with E-state index in [0.717, 1.165) is 5.69 Å². The number of benzene rings is 2. The van der Waals surface area contributed by atoms with E-state index in [0.29, 0.717) is 37.0 Å². The normalized spacial score (nSPS) is 14.6. The van der Waals surface area contributed by atoms with Crippen molar-refractivity contribution in [2.45, 2.75) is 12.8 Å². The zero-order valence-corrected chi connectivity index (χ0v) is 17.4. The SMILES string of the molecule is O=C(C=Cc1nc2ccccc2o1)OCC(=O)N1CCC(C(=O)Nc2ccccc2)CC1. The minimum Gasteiger partial charge on any atom is -0.452 e. The van der Waals surface area contributed by atoms with Crippen molar-refractivity contribution in [3.8, 4) is 0 Å². The Kier molecular flexibility index (Phi) is 6.60. The van der Waals surface area contributed by atoms with Crippen molar-refractivity contribution in [2.75, 3.05) is 25.0 Å². The Labute approximate surface area is 184 Å². The van der Waals surface area contributed by atoms with Crippen LogP contribution in [0.25, 0.3) is 17.2 Å². The lowest BCUT2D eigenvalue weighted by Crippen LogP contribution is -2.43. The number of anilines is 1. The van der Waals surface area contributed by atoms with Crippen LogP contribution in [0.2, 0.25) is 0 Å². The second-order valence-electron chi connectivity index (χ2n) is 7.47. The summed E-state index contributed by atoms with van der Waals surface area (Å²) in [5.41, 5.74) is 2.07. The molecule has 0 saturated carbocycles. The minimum absolute atomic E-state index is 0.0425. The first-order chi connectivity index (χ1) is 15.6. The highest BCUT2D eigenvalue weighted by molar-refractivity contribution is 5.93. The number of hydrogen-bond acceptors (Lipinski definition) is 6. The highest BCUT2D eigenvalue weighted by Crippen LogP contribution is 2.20. The van der Waals surface area contributed by atoms with Crippen LogP contribution in [0.3, 0.4) is 0 Å².